The highest BCUT2D eigenvalue weighted by Crippen LogP contribution is 2.06. The lowest BCUT2D eigenvalue weighted by atomic mass is 10.0. The van der Waals surface area contributed by atoms with Crippen molar-refractivity contribution >= 4 is 36.3 Å². The Balaban J connectivity index is 5.19. The molecule has 11 nitrogen and oxygen atoms in total. The van der Waals surface area contributed by atoms with Gasteiger partial charge >= 0.3 is 5.97 Å². The first-order valence-electron chi connectivity index (χ1n) is 8.73. The third kappa shape index (κ3) is 8.87. The maximum atomic E-state index is 12.5. The van der Waals surface area contributed by atoms with Crippen LogP contribution in [0.3, 0.4) is 0 Å². The van der Waals surface area contributed by atoms with Crippen LogP contribution in [0.15, 0.2) is 0 Å². The van der Waals surface area contributed by atoms with E-state index in [0.717, 1.165) is 0 Å². The summed E-state index contributed by atoms with van der Waals surface area (Å²) in [7, 11) is 0. The summed E-state index contributed by atoms with van der Waals surface area (Å²) in [5.41, 5.74) is 5.58. The van der Waals surface area contributed by atoms with Gasteiger partial charge in [0.05, 0.1) is 18.8 Å². The van der Waals surface area contributed by atoms with Gasteiger partial charge in [-0.05, 0) is 19.3 Å². The number of carboxylic acids is 1. The summed E-state index contributed by atoms with van der Waals surface area (Å²) in [4.78, 5) is 47.7. The molecule has 0 saturated carbocycles. The summed E-state index contributed by atoms with van der Waals surface area (Å²) in [6.07, 6.45) is -1.16. The minimum atomic E-state index is -1.61. The lowest BCUT2D eigenvalue weighted by molar-refractivity contribution is -0.145. The van der Waals surface area contributed by atoms with Gasteiger partial charge in [0, 0.05) is 5.75 Å². The largest absolute Gasteiger partial charge is 0.480 e. The Bertz CT molecular complexity index is 559. The number of hydrogen-bond donors (Lipinski definition) is 8. The highest BCUT2D eigenvalue weighted by Gasteiger charge is 2.31. The second kappa shape index (κ2) is 12.5. The minimum absolute atomic E-state index is 0.0105. The van der Waals surface area contributed by atoms with E-state index in [1.807, 2.05) is 19.2 Å². The molecular formula is C16H30N4O7S. The third-order valence-corrected chi connectivity index (χ3v) is 4.13. The summed E-state index contributed by atoms with van der Waals surface area (Å²) in [6, 6.07) is -5.03. The van der Waals surface area contributed by atoms with Crippen LogP contribution in [0.4, 0.5) is 0 Å². The molecule has 0 bridgehead atoms. The Morgan fingerprint density at radius 2 is 1.46 bits per heavy atom. The monoisotopic (exact) mass is 422 g/mol. The number of carbonyl (C=O) groups is 4. The van der Waals surface area contributed by atoms with E-state index >= 15 is 0 Å². The van der Waals surface area contributed by atoms with Gasteiger partial charge in [0.15, 0.2) is 6.04 Å². The molecule has 0 spiro atoms. The van der Waals surface area contributed by atoms with Gasteiger partial charge in [-0.25, -0.2) is 4.79 Å². The van der Waals surface area contributed by atoms with Crippen LogP contribution in [0, 0.1) is 5.92 Å². The highest BCUT2D eigenvalue weighted by molar-refractivity contribution is 7.80. The van der Waals surface area contributed by atoms with E-state index in [1.54, 1.807) is 0 Å². The van der Waals surface area contributed by atoms with E-state index < -0.39 is 60.6 Å². The fraction of sp³-hybridized carbons (Fsp3) is 0.750. The number of rotatable bonds is 12. The molecule has 5 unspecified atom stereocenters. The van der Waals surface area contributed by atoms with Gasteiger partial charge in [-0.1, -0.05) is 13.8 Å². The van der Waals surface area contributed by atoms with Gasteiger partial charge in [-0.15, -0.1) is 0 Å². The molecule has 0 aromatic rings. The Kier molecular flexibility index (Phi) is 11.7. The lowest BCUT2D eigenvalue weighted by Crippen LogP contribution is -2.59. The molecule has 12 heteroatoms. The molecule has 0 aliphatic rings. The van der Waals surface area contributed by atoms with E-state index in [9.17, 15) is 29.4 Å². The molecule has 5 atom stereocenters. The smallest absolute Gasteiger partial charge is 0.328 e. The van der Waals surface area contributed by atoms with Crippen LogP contribution >= 0.6 is 12.6 Å². The fourth-order valence-corrected chi connectivity index (χ4v) is 2.34. The van der Waals surface area contributed by atoms with Crippen molar-refractivity contribution in [2.24, 2.45) is 11.7 Å². The maximum absolute atomic E-state index is 12.5. The number of hydrogen-bond acceptors (Lipinski definition) is 8. The zero-order valence-corrected chi connectivity index (χ0v) is 17.0. The summed E-state index contributed by atoms with van der Waals surface area (Å²) in [5.74, 6) is -3.73. The predicted octanol–water partition coefficient (Wildman–Crippen LogP) is -2.80. The second-order valence-corrected chi connectivity index (χ2v) is 7.15. The number of aliphatic carboxylic acids is 1. The molecule has 0 heterocycles. The first-order valence-corrected chi connectivity index (χ1v) is 9.37. The zero-order valence-electron chi connectivity index (χ0n) is 16.1. The van der Waals surface area contributed by atoms with Crippen molar-refractivity contribution in [2.75, 3.05) is 12.4 Å². The van der Waals surface area contributed by atoms with E-state index in [1.165, 1.54) is 6.92 Å². The van der Waals surface area contributed by atoms with Gasteiger partial charge in [0.25, 0.3) is 0 Å². The molecule has 0 aliphatic carbocycles. The Labute approximate surface area is 168 Å². The van der Waals surface area contributed by atoms with Gasteiger partial charge < -0.3 is 37.0 Å². The van der Waals surface area contributed by atoms with Crippen molar-refractivity contribution in [3.05, 3.63) is 0 Å². The summed E-state index contributed by atoms with van der Waals surface area (Å²) < 4.78 is 0. The summed E-state index contributed by atoms with van der Waals surface area (Å²) >= 11 is 3.92. The number of nitrogens with two attached hydrogens (primary N) is 1. The molecule has 162 valence electrons. The fourth-order valence-electron chi connectivity index (χ4n) is 2.17. The van der Waals surface area contributed by atoms with Crippen LogP contribution < -0.4 is 21.7 Å². The van der Waals surface area contributed by atoms with Gasteiger partial charge in [0.2, 0.25) is 17.7 Å². The molecule has 0 rings (SSSR count). The molecular weight excluding hydrogens is 392 g/mol. The summed E-state index contributed by atoms with van der Waals surface area (Å²) in [5, 5.41) is 34.6. The van der Waals surface area contributed by atoms with Crippen molar-refractivity contribution < 1.29 is 34.5 Å². The van der Waals surface area contributed by atoms with E-state index in [4.69, 9.17) is 10.8 Å². The van der Waals surface area contributed by atoms with E-state index in [-0.39, 0.29) is 18.1 Å². The maximum Gasteiger partial charge on any atom is 0.328 e. The standard InChI is InChI=1S/C16H30N4O7S/c1-7(2)4-10(18-13(23)9(17)6-28)14(24)19-11(5-21)15(25)20-12(8(3)22)16(26)27/h7-12,21-22,28H,4-6,17H2,1-3H3,(H,18,23)(H,19,24)(H,20,25)(H,26,27). The topological polar surface area (TPSA) is 191 Å². The number of carbonyl (C=O) groups excluding carboxylic acids is 3. The summed E-state index contributed by atoms with van der Waals surface area (Å²) in [6.45, 7) is 4.00. The van der Waals surface area contributed by atoms with Gasteiger partial charge in [-0.2, -0.15) is 12.6 Å². The number of nitrogens with one attached hydrogen (secondary N) is 3. The first-order chi connectivity index (χ1) is 12.9. The van der Waals surface area contributed by atoms with E-state index in [2.05, 4.69) is 23.3 Å². The SMILES string of the molecule is CC(C)CC(NC(=O)C(N)CS)C(=O)NC(CO)C(=O)NC(C(=O)O)C(C)O. The average Bonchev–Trinajstić information content (AvgIpc) is 2.61. The van der Waals surface area contributed by atoms with Crippen molar-refractivity contribution in [2.45, 2.75) is 57.5 Å². The predicted molar refractivity (Wildman–Crippen MR) is 103 cm³/mol. The normalized spacial score (nSPS) is 16.4. The van der Waals surface area contributed by atoms with Crippen molar-refractivity contribution in [3.63, 3.8) is 0 Å². The zero-order chi connectivity index (χ0) is 22.0. The Hall–Kier alpha value is -1.89. The van der Waals surface area contributed by atoms with Crippen molar-refractivity contribution in [1.29, 1.82) is 0 Å². The third-order valence-electron chi connectivity index (χ3n) is 3.74. The minimum Gasteiger partial charge on any atom is -0.480 e. The van der Waals surface area contributed by atoms with Gasteiger partial charge in [-0.3, -0.25) is 14.4 Å². The highest BCUT2D eigenvalue weighted by atomic mass is 32.1. The molecule has 0 aliphatic heterocycles. The quantitative estimate of drug-likeness (QED) is 0.155. The molecule has 0 saturated heterocycles. The molecule has 28 heavy (non-hydrogen) atoms. The number of carboxylic acid groups (broad SMARTS) is 1. The molecule has 0 aromatic carbocycles. The van der Waals surface area contributed by atoms with Crippen molar-refractivity contribution in [3.8, 4) is 0 Å². The van der Waals surface area contributed by atoms with Crippen molar-refractivity contribution in [1.82, 2.24) is 16.0 Å². The average molecular weight is 423 g/mol. The molecule has 0 aromatic heterocycles. The van der Waals surface area contributed by atoms with E-state index in [0.29, 0.717) is 0 Å². The molecule has 3 amide bonds. The molecule has 0 fully saturated rings. The van der Waals surface area contributed by atoms with Crippen LogP contribution in [0.25, 0.3) is 0 Å². The van der Waals surface area contributed by atoms with Crippen LogP contribution in [0.2, 0.25) is 0 Å². The second-order valence-electron chi connectivity index (χ2n) is 6.79. The molecule has 8 N–H and O–H groups in total. The number of aliphatic hydroxyl groups is 2. The number of amides is 3. The van der Waals surface area contributed by atoms with Crippen LogP contribution in [-0.2, 0) is 19.2 Å². The van der Waals surface area contributed by atoms with Gasteiger partial charge in [0.1, 0.15) is 12.1 Å². The first kappa shape index (κ1) is 26.1. The number of thiol groups is 1. The number of aliphatic hydroxyl groups excluding tert-OH is 2. The van der Waals surface area contributed by atoms with Crippen LogP contribution in [-0.4, -0.2) is 81.6 Å². The van der Waals surface area contributed by atoms with Crippen LogP contribution in [0.1, 0.15) is 27.2 Å². The van der Waals surface area contributed by atoms with Crippen LogP contribution in [0.5, 0.6) is 0 Å². The lowest BCUT2D eigenvalue weighted by Gasteiger charge is -2.25. The Morgan fingerprint density at radius 3 is 1.86 bits per heavy atom. The molecule has 0 radical (unpaired) electrons. The Morgan fingerprint density at radius 1 is 0.964 bits per heavy atom.